The number of Topliss-reactive ketones (excluding diaryl/α,β-unsaturated/α-hetero) is 1. The van der Waals surface area contributed by atoms with Crippen molar-refractivity contribution in [2.45, 2.75) is 45.4 Å². The number of carbonyl (C=O) groups excluding carboxylic acids is 2. The summed E-state index contributed by atoms with van der Waals surface area (Å²) in [6.45, 7) is 1.52. The Morgan fingerprint density at radius 1 is 1.11 bits per heavy atom. The number of fused-ring (bicyclic) bond motifs is 1. The van der Waals surface area contributed by atoms with Crippen molar-refractivity contribution < 1.29 is 9.59 Å². The van der Waals surface area contributed by atoms with E-state index in [0.717, 1.165) is 18.5 Å². The highest BCUT2D eigenvalue weighted by molar-refractivity contribution is 5.95. The smallest absolute Gasteiger partial charge is 0.227 e. The quantitative estimate of drug-likeness (QED) is 0.833. The molecule has 0 aromatic heterocycles. The second-order valence-corrected chi connectivity index (χ2v) is 5.31. The van der Waals surface area contributed by atoms with Gasteiger partial charge in [0.1, 0.15) is 5.78 Å². The van der Waals surface area contributed by atoms with E-state index in [0.29, 0.717) is 12.8 Å². The number of hydrogen-bond donors (Lipinski definition) is 0. The van der Waals surface area contributed by atoms with Crippen molar-refractivity contribution in [1.29, 1.82) is 0 Å². The topological polar surface area (TPSA) is 37.4 Å². The summed E-state index contributed by atoms with van der Waals surface area (Å²) in [4.78, 5) is 24.6. The van der Waals surface area contributed by atoms with Gasteiger partial charge >= 0.3 is 0 Å². The maximum absolute atomic E-state index is 12.0. The lowest BCUT2D eigenvalue weighted by Gasteiger charge is -2.21. The highest BCUT2D eigenvalue weighted by atomic mass is 16.2. The predicted octanol–water partition coefficient (Wildman–Crippen LogP) is 2.90. The number of rotatable bonds is 4. The van der Waals surface area contributed by atoms with Gasteiger partial charge in [0.15, 0.2) is 0 Å². The van der Waals surface area contributed by atoms with Crippen LogP contribution >= 0.6 is 0 Å². The molecule has 0 radical (unpaired) electrons. The van der Waals surface area contributed by atoms with Gasteiger partial charge in [-0.1, -0.05) is 6.07 Å². The van der Waals surface area contributed by atoms with Crippen molar-refractivity contribution in [3.8, 4) is 0 Å². The van der Waals surface area contributed by atoms with E-state index >= 15 is 0 Å². The zero-order chi connectivity index (χ0) is 13.8. The van der Waals surface area contributed by atoms with Gasteiger partial charge in [0.2, 0.25) is 5.91 Å². The average Bonchev–Trinajstić information content (AvgIpc) is 2.43. The minimum Gasteiger partial charge on any atom is -0.315 e. The van der Waals surface area contributed by atoms with Crippen LogP contribution in [0.5, 0.6) is 0 Å². The van der Waals surface area contributed by atoms with Crippen LogP contribution in [-0.2, 0) is 22.4 Å². The summed E-state index contributed by atoms with van der Waals surface area (Å²) in [5.41, 5.74) is 3.73. The van der Waals surface area contributed by atoms with Crippen molar-refractivity contribution in [2.75, 3.05) is 11.9 Å². The first-order chi connectivity index (χ1) is 9.08. The molecule has 0 aliphatic heterocycles. The Labute approximate surface area is 114 Å². The fraction of sp³-hybridized carbons (Fsp3) is 0.500. The molecule has 0 N–H and O–H groups in total. The molecule has 1 aromatic carbocycles. The van der Waals surface area contributed by atoms with Crippen LogP contribution in [0.25, 0.3) is 0 Å². The number of nitrogens with zero attached hydrogens (tertiary/aromatic N) is 1. The minimum atomic E-state index is 0.00552. The zero-order valence-corrected chi connectivity index (χ0v) is 11.7. The lowest BCUT2D eigenvalue weighted by Crippen LogP contribution is -2.26. The summed E-state index contributed by atoms with van der Waals surface area (Å²) in [6.07, 6.45) is 5.38. The van der Waals surface area contributed by atoms with E-state index in [1.165, 1.54) is 30.9 Å². The number of hydrogen-bond acceptors (Lipinski definition) is 2. The molecule has 19 heavy (non-hydrogen) atoms. The van der Waals surface area contributed by atoms with Gasteiger partial charge in [-0.3, -0.25) is 4.79 Å². The molecule has 0 fully saturated rings. The Balaban J connectivity index is 2.08. The molecule has 3 nitrogen and oxygen atoms in total. The summed E-state index contributed by atoms with van der Waals surface area (Å²) in [6, 6.07) is 6.27. The highest BCUT2D eigenvalue weighted by Crippen LogP contribution is 2.26. The van der Waals surface area contributed by atoms with Crippen LogP contribution in [-0.4, -0.2) is 18.7 Å². The van der Waals surface area contributed by atoms with Crippen molar-refractivity contribution in [1.82, 2.24) is 0 Å². The van der Waals surface area contributed by atoms with Gasteiger partial charge in [-0.25, -0.2) is 0 Å². The Morgan fingerprint density at radius 2 is 1.79 bits per heavy atom. The second kappa shape index (κ2) is 6.00. The highest BCUT2D eigenvalue weighted by Gasteiger charge is 2.15. The SMILES string of the molecule is CC(=O)CCC(=O)N(C)c1ccc2c(c1)CCCC2. The molecule has 102 valence electrons. The minimum absolute atomic E-state index is 0.00552. The Kier molecular flexibility index (Phi) is 4.35. The molecule has 0 bridgehead atoms. The molecule has 0 heterocycles. The van der Waals surface area contributed by atoms with Crippen molar-refractivity contribution in [3.63, 3.8) is 0 Å². The summed E-state index contributed by atoms with van der Waals surface area (Å²) in [5.74, 6) is 0.0677. The van der Waals surface area contributed by atoms with Gasteiger partial charge < -0.3 is 9.69 Å². The van der Waals surface area contributed by atoms with Gasteiger partial charge in [0.25, 0.3) is 0 Å². The second-order valence-electron chi connectivity index (χ2n) is 5.31. The normalized spacial score (nSPS) is 13.8. The molecular formula is C16H21NO2. The van der Waals surface area contributed by atoms with Crippen LogP contribution in [0.4, 0.5) is 5.69 Å². The largest absolute Gasteiger partial charge is 0.315 e. The monoisotopic (exact) mass is 259 g/mol. The maximum Gasteiger partial charge on any atom is 0.227 e. The predicted molar refractivity (Wildman–Crippen MR) is 76.4 cm³/mol. The maximum atomic E-state index is 12.0. The number of aryl methyl sites for hydroxylation is 2. The number of benzene rings is 1. The molecule has 0 spiro atoms. The van der Waals surface area contributed by atoms with Crippen LogP contribution in [0, 0.1) is 0 Å². The van der Waals surface area contributed by atoms with Crippen LogP contribution in [0.3, 0.4) is 0 Å². The first-order valence-corrected chi connectivity index (χ1v) is 6.95. The van der Waals surface area contributed by atoms with E-state index in [9.17, 15) is 9.59 Å². The lowest BCUT2D eigenvalue weighted by atomic mass is 9.91. The van der Waals surface area contributed by atoms with Crippen molar-refractivity contribution in [2.24, 2.45) is 0 Å². The molecule has 1 aliphatic carbocycles. The molecule has 0 saturated carbocycles. The fourth-order valence-electron chi connectivity index (χ4n) is 2.52. The van der Waals surface area contributed by atoms with E-state index in [4.69, 9.17) is 0 Å². The molecule has 0 atom stereocenters. The Bertz CT molecular complexity index is 494. The molecule has 0 unspecified atom stereocenters. The molecule has 1 amide bonds. The number of carbonyl (C=O) groups is 2. The third-order valence-corrected chi connectivity index (χ3v) is 3.78. The number of anilines is 1. The third-order valence-electron chi connectivity index (χ3n) is 3.78. The first-order valence-electron chi connectivity index (χ1n) is 6.95. The summed E-state index contributed by atoms with van der Waals surface area (Å²) >= 11 is 0. The molecule has 1 aromatic rings. The Hall–Kier alpha value is -1.64. The van der Waals surface area contributed by atoms with E-state index in [2.05, 4.69) is 12.1 Å². The number of ketones is 1. The van der Waals surface area contributed by atoms with E-state index in [1.807, 2.05) is 6.07 Å². The van der Waals surface area contributed by atoms with E-state index in [-0.39, 0.29) is 11.7 Å². The molecule has 1 aliphatic rings. The molecule has 2 rings (SSSR count). The zero-order valence-electron chi connectivity index (χ0n) is 11.7. The fourth-order valence-corrected chi connectivity index (χ4v) is 2.52. The summed E-state index contributed by atoms with van der Waals surface area (Å²) < 4.78 is 0. The Morgan fingerprint density at radius 3 is 2.47 bits per heavy atom. The summed E-state index contributed by atoms with van der Waals surface area (Å²) in [5, 5.41) is 0. The van der Waals surface area contributed by atoms with Gasteiger partial charge in [-0.2, -0.15) is 0 Å². The van der Waals surface area contributed by atoms with Crippen molar-refractivity contribution in [3.05, 3.63) is 29.3 Å². The summed E-state index contributed by atoms with van der Waals surface area (Å²) in [7, 11) is 1.78. The van der Waals surface area contributed by atoms with Crippen LogP contribution in [0.15, 0.2) is 18.2 Å². The standard InChI is InChI=1S/C16H21NO2/c1-12(18)7-10-16(19)17(2)15-9-8-13-5-3-4-6-14(13)11-15/h8-9,11H,3-7,10H2,1-2H3. The number of amides is 1. The molecule has 3 heteroatoms. The van der Waals surface area contributed by atoms with Crippen molar-refractivity contribution >= 4 is 17.4 Å². The van der Waals surface area contributed by atoms with Gasteiger partial charge in [0.05, 0.1) is 0 Å². The third kappa shape index (κ3) is 3.43. The van der Waals surface area contributed by atoms with Gasteiger partial charge in [0, 0.05) is 25.6 Å². The van der Waals surface area contributed by atoms with Crippen LogP contribution in [0.1, 0.15) is 43.7 Å². The van der Waals surface area contributed by atoms with Gasteiger partial charge in [-0.15, -0.1) is 0 Å². The van der Waals surface area contributed by atoms with E-state index in [1.54, 1.807) is 11.9 Å². The molecular weight excluding hydrogens is 238 g/mol. The van der Waals surface area contributed by atoms with Gasteiger partial charge in [-0.05, 0) is 55.9 Å². The average molecular weight is 259 g/mol. The van der Waals surface area contributed by atoms with Crippen LogP contribution < -0.4 is 4.90 Å². The lowest BCUT2D eigenvalue weighted by molar-refractivity contribution is -0.122. The first kappa shape index (κ1) is 13.8. The van der Waals surface area contributed by atoms with E-state index < -0.39 is 0 Å². The van der Waals surface area contributed by atoms with Crippen LogP contribution in [0.2, 0.25) is 0 Å². The molecule has 0 saturated heterocycles.